The van der Waals surface area contributed by atoms with Gasteiger partial charge in [0.2, 0.25) is 0 Å². The molecule has 0 spiro atoms. The Labute approximate surface area is 121 Å². The first kappa shape index (κ1) is 14.9. The summed E-state index contributed by atoms with van der Waals surface area (Å²) in [4.78, 5) is 8.86. The molecule has 0 aliphatic carbocycles. The van der Waals surface area contributed by atoms with Gasteiger partial charge in [-0.05, 0) is 45.0 Å². The highest BCUT2D eigenvalue weighted by atomic mass is 16.3. The Bertz CT molecular complexity index is 419. The van der Waals surface area contributed by atoms with Crippen molar-refractivity contribution in [2.45, 2.75) is 25.8 Å². The number of hydrogen-bond donors (Lipinski definition) is 1. The summed E-state index contributed by atoms with van der Waals surface area (Å²) in [6, 6.07) is 4.02. The lowest BCUT2D eigenvalue weighted by Gasteiger charge is -2.31. The molecule has 5 heteroatoms. The van der Waals surface area contributed by atoms with Gasteiger partial charge in [0.05, 0.1) is 18.8 Å². The summed E-state index contributed by atoms with van der Waals surface area (Å²) < 4.78 is 5.48. The van der Waals surface area contributed by atoms with Crippen molar-refractivity contribution >= 4 is 5.96 Å². The minimum absolute atomic E-state index is 0.132. The maximum atomic E-state index is 6.12. The van der Waals surface area contributed by atoms with Crippen LogP contribution in [0.4, 0.5) is 0 Å². The van der Waals surface area contributed by atoms with Crippen molar-refractivity contribution in [2.75, 3.05) is 33.7 Å². The number of nitrogens with zero attached hydrogens (tertiary/aromatic N) is 3. The molecule has 1 fully saturated rings. The van der Waals surface area contributed by atoms with E-state index in [4.69, 9.17) is 10.2 Å². The normalized spacial score (nSPS) is 19.6. The van der Waals surface area contributed by atoms with Gasteiger partial charge < -0.3 is 15.1 Å². The number of guanidine groups is 1. The van der Waals surface area contributed by atoms with Gasteiger partial charge >= 0.3 is 0 Å². The van der Waals surface area contributed by atoms with Gasteiger partial charge in [0.15, 0.2) is 5.96 Å². The second kappa shape index (κ2) is 6.79. The molecule has 2 N–H and O–H groups in total. The predicted octanol–water partition coefficient (Wildman–Crippen LogP) is 1.93. The van der Waals surface area contributed by atoms with Crippen molar-refractivity contribution in [3.05, 3.63) is 24.2 Å². The van der Waals surface area contributed by atoms with E-state index in [-0.39, 0.29) is 6.04 Å². The first-order chi connectivity index (χ1) is 9.58. The first-order valence-corrected chi connectivity index (χ1v) is 7.32. The first-order valence-electron chi connectivity index (χ1n) is 7.32. The zero-order valence-electron chi connectivity index (χ0n) is 12.7. The van der Waals surface area contributed by atoms with Gasteiger partial charge in [0, 0.05) is 13.1 Å². The molecule has 0 radical (unpaired) electrons. The summed E-state index contributed by atoms with van der Waals surface area (Å²) >= 11 is 0. The van der Waals surface area contributed by atoms with Crippen LogP contribution in [0.25, 0.3) is 0 Å². The summed E-state index contributed by atoms with van der Waals surface area (Å²) in [6.45, 7) is 4.95. The molecule has 0 amide bonds. The van der Waals surface area contributed by atoms with Crippen LogP contribution in [0.15, 0.2) is 27.8 Å². The Morgan fingerprint density at radius 2 is 2.20 bits per heavy atom. The maximum Gasteiger partial charge on any atom is 0.191 e. The second-order valence-electron chi connectivity index (χ2n) is 5.86. The van der Waals surface area contributed by atoms with E-state index >= 15 is 0 Å². The van der Waals surface area contributed by atoms with Crippen molar-refractivity contribution < 1.29 is 4.42 Å². The minimum atomic E-state index is 0.132. The molecule has 2 heterocycles. The lowest BCUT2D eigenvalue weighted by Crippen LogP contribution is -2.42. The molecule has 0 saturated carbocycles. The number of hydrogen-bond acceptors (Lipinski definition) is 3. The van der Waals surface area contributed by atoms with Crippen molar-refractivity contribution in [1.82, 2.24) is 9.80 Å². The second-order valence-corrected chi connectivity index (χ2v) is 5.86. The van der Waals surface area contributed by atoms with Crippen LogP contribution in [0, 0.1) is 5.92 Å². The predicted molar refractivity (Wildman–Crippen MR) is 81.6 cm³/mol. The number of rotatable bonds is 4. The fourth-order valence-electron chi connectivity index (χ4n) is 2.51. The Balaban J connectivity index is 1.95. The van der Waals surface area contributed by atoms with Crippen molar-refractivity contribution in [3.63, 3.8) is 0 Å². The molecule has 1 aliphatic rings. The van der Waals surface area contributed by atoms with Crippen LogP contribution >= 0.6 is 0 Å². The number of likely N-dealkylation sites (tertiary alicyclic amines) is 1. The molecule has 1 unspecified atom stereocenters. The van der Waals surface area contributed by atoms with E-state index in [9.17, 15) is 0 Å². The van der Waals surface area contributed by atoms with E-state index in [1.54, 1.807) is 6.26 Å². The highest BCUT2D eigenvalue weighted by molar-refractivity contribution is 5.78. The van der Waals surface area contributed by atoms with Crippen molar-refractivity contribution in [1.29, 1.82) is 0 Å². The van der Waals surface area contributed by atoms with Gasteiger partial charge in [-0.15, -0.1) is 0 Å². The smallest absolute Gasteiger partial charge is 0.191 e. The van der Waals surface area contributed by atoms with E-state index in [2.05, 4.69) is 21.7 Å². The van der Waals surface area contributed by atoms with Crippen LogP contribution in [0.5, 0.6) is 0 Å². The van der Waals surface area contributed by atoms with E-state index in [0.29, 0.717) is 12.5 Å². The fraction of sp³-hybridized carbons (Fsp3) is 0.667. The molecule has 112 valence electrons. The molecule has 20 heavy (non-hydrogen) atoms. The summed E-state index contributed by atoms with van der Waals surface area (Å²) in [5, 5.41) is 0. The molecule has 1 aromatic heterocycles. The fourth-order valence-corrected chi connectivity index (χ4v) is 2.51. The number of furan rings is 1. The largest absolute Gasteiger partial charge is 0.468 e. The van der Waals surface area contributed by atoms with Crippen LogP contribution in [-0.2, 0) is 0 Å². The Hall–Kier alpha value is -1.49. The van der Waals surface area contributed by atoms with Gasteiger partial charge in [-0.25, -0.2) is 0 Å². The Kier molecular flexibility index (Phi) is 5.06. The molecule has 0 bridgehead atoms. The third-order valence-electron chi connectivity index (χ3n) is 4.03. The molecule has 1 saturated heterocycles. The summed E-state index contributed by atoms with van der Waals surface area (Å²) in [5.74, 6) is 2.39. The standard InChI is InChI=1S/C15H26N4O/c1-12-6-8-19(9-7-12)15(16)17-11-13(18(2)3)14-5-4-10-20-14/h4-5,10,12-13H,6-9,11H2,1-3H3,(H2,16,17). The van der Waals surface area contributed by atoms with Crippen LogP contribution < -0.4 is 5.73 Å². The highest BCUT2D eigenvalue weighted by Crippen LogP contribution is 2.19. The molecule has 0 aromatic carbocycles. The van der Waals surface area contributed by atoms with Gasteiger partial charge in [-0.3, -0.25) is 9.89 Å². The Morgan fingerprint density at radius 3 is 2.75 bits per heavy atom. The zero-order valence-corrected chi connectivity index (χ0v) is 12.7. The molecule has 5 nitrogen and oxygen atoms in total. The lowest BCUT2D eigenvalue weighted by atomic mass is 10.00. The topological polar surface area (TPSA) is 58.0 Å². The summed E-state index contributed by atoms with van der Waals surface area (Å²) in [7, 11) is 4.06. The summed E-state index contributed by atoms with van der Waals surface area (Å²) in [5.41, 5.74) is 6.12. The van der Waals surface area contributed by atoms with Crippen LogP contribution in [0.3, 0.4) is 0 Å². The zero-order chi connectivity index (χ0) is 14.5. The molecule has 2 rings (SSSR count). The van der Waals surface area contributed by atoms with E-state index in [1.165, 1.54) is 12.8 Å². The van der Waals surface area contributed by atoms with Gasteiger partial charge in [-0.1, -0.05) is 6.92 Å². The minimum Gasteiger partial charge on any atom is -0.468 e. The van der Waals surface area contributed by atoms with E-state index in [0.717, 1.165) is 24.8 Å². The lowest BCUT2D eigenvalue weighted by molar-refractivity contribution is 0.259. The van der Waals surface area contributed by atoms with Crippen LogP contribution in [0.1, 0.15) is 31.6 Å². The van der Waals surface area contributed by atoms with E-state index in [1.807, 2.05) is 26.2 Å². The van der Waals surface area contributed by atoms with Crippen LogP contribution in [0.2, 0.25) is 0 Å². The van der Waals surface area contributed by atoms with Gasteiger partial charge in [0.1, 0.15) is 5.76 Å². The van der Waals surface area contributed by atoms with Crippen molar-refractivity contribution in [3.8, 4) is 0 Å². The average molecular weight is 278 g/mol. The average Bonchev–Trinajstić information content (AvgIpc) is 2.93. The maximum absolute atomic E-state index is 6.12. The van der Waals surface area contributed by atoms with E-state index < -0.39 is 0 Å². The third-order valence-corrected chi connectivity index (χ3v) is 4.03. The SMILES string of the molecule is CC1CCN(C(N)=NCC(c2ccco2)N(C)C)CC1. The third kappa shape index (κ3) is 3.76. The number of likely N-dealkylation sites (N-methyl/N-ethyl adjacent to an activating group) is 1. The molecule has 1 aliphatic heterocycles. The van der Waals surface area contributed by atoms with Crippen LogP contribution in [-0.4, -0.2) is 49.5 Å². The number of nitrogens with two attached hydrogens (primary N) is 1. The number of piperidine rings is 1. The van der Waals surface area contributed by atoms with Gasteiger partial charge in [0.25, 0.3) is 0 Å². The molecular weight excluding hydrogens is 252 g/mol. The molecule has 1 atom stereocenters. The molecular formula is C15H26N4O. The van der Waals surface area contributed by atoms with Gasteiger partial charge in [-0.2, -0.15) is 0 Å². The van der Waals surface area contributed by atoms with Crippen molar-refractivity contribution in [2.24, 2.45) is 16.6 Å². The number of aliphatic imine (C=N–C) groups is 1. The quantitative estimate of drug-likeness (QED) is 0.675. The highest BCUT2D eigenvalue weighted by Gasteiger charge is 2.19. The Morgan fingerprint density at radius 1 is 1.50 bits per heavy atom. The molecule has 1 aromatic rings. The monoisotopic (exact) mass is 278 g/mol. The summed E-state index contributed by atoms with van der Waals surface area (Å²) in [6.07, 6.45) is 4.10.